The fourth-order valence-electron chi connectivity index (χ4n) is 2.29. The zero-order valence-corrected chi connectivity index (χ0v) is 15.0. The van der Waals surface area contributed by atoms with Crippen LogP contribution in [0.2, 0.25) is 0 Å². The molecule has 0 unspecified atom stereocenters. The average Bonchev–Trinajstić information content (AvgIpc) is 3.09. The molecule has 0 spiro atoms. The van der Waals surface area contributed by atoms with E-state index in [9.17, 15) is 4.79 Å². The van der Waals surface area contributed by atoms with Crippen LogP contribution in [0, 0.1) is 0 Å². The maximum Gasteiger partial charge on any atom is 0.263 e. The van der Waals surface area contributed by atoms with E-state index >= 15 is 0 Å². The van der Waals surface area contributed by atoms with Gasteiger partial charge in [-0.3, -0.25) is 4.79 Å². The second-order valence-corrected chi connectivity index (χ2v) is 6.80. The number of nitrogens with zero attached hydrogens (tertiary/aromatic N) is 2. The average molecular weight is 352 g/mol. The first-order valence-corrected chi connectivity index (χ1v) is 8.76. The molecule has 0 radical (unpaired) electrons. The molecule has 3 aromatic rings. The van der Waals surface area contributed by atoms with E-state index in [0.717, 1.165) is 16.9 Å². The molecule has 6 heteroatoms. The van der Waals surface area contributed by atoms with Crippen molar-refractivity contribution in [1.82, 2.24) is 10.3 Å². The van der Waals surface area contributed by atoms with Crippen LogP contribution in [-0.4, -0.2) is 25.0 Å². The van der Waals surface area contributed by atoms with E-state index in [4.69, 9.17) is 0 Å². The summed E-state index contributed by atoms with van der Waals surface area (Å²) in [6, 6.07) is 17.9. The van der Waals surface area contributed by atoms with Gasteiger partial charge in [0.15, 0.2) is 5.13 Å². The SMILES string of the molecule is CN(C)c1cccc(Nc2ncc(C(=O)NCc3ccccc3)s2)c1. The topological polar surface area (TPSA) is 57.3 Å². The van der Waals surface area contributed by atoms with Crippen LogP contribution in [0.5, 0.6) is 0 Å². The van der Waals surface area contributed by atoms with E-state index in [1.54, 1.807) is 6.20 Å². The number of anilines is 3. The molecule has 1 heterocycles. The van der Waals surface area contributed by atoms with Crippen LogP contribution >= 0.6 is 11.3 Å². The Balaban J connectivity index is 1.62. The van der Waals surface area contributed by atoms with Crippen molar-refractivity contribution in [2.75, 3.05) is 24.3 Å². The lowest BCUT2D eigenvalue weighted by atomic mass is 10.2. The largest absolute Gasteiger partial charge is 0.378 e. The maximum absolute atomic E-state index is 12.3. The lowest BCUT2D eigenvalue weighted by Crippen LogP contribution is -2.21. The van der Waals surface area contributed by atoms with E-state index in [1.165, 1.54) is 11.3 Å². The Morgan fingerprint density at radius 1 is 1.12 bits per heavy atom. The second-order valence-electron chi connectivity index (χ2n) is 5.77. The molecule has 2 aromatic carbocycles. The van der Waals surface area contributed by atoms with Crippen molar-refractivity contribution in [3.63, 3.8) is 0 Å². The molecule has 128 valence electrons. The zero-order valence-electron chi connectivity index (χ0n) is 14.2. The molecule has 1 amide bonds. The van der Waals surface area contributed by atoms with Gasteiger partial charge in [-0.1, -0.05) is 47.7 Å². The molecule has 0 saturated carbocycles. The third kappa shape index (κ3) is 4.58. The first-order valence-electron chi connectivity index (χ1n) is 7.94. The van der Waals surface area contributed by atoms with Gasteiger partial charge in [0, 0.05) is 32.0 Å². The minimum absolute atomic E-state index is 0.114. The number of benzene rings is 2. The first-order chi connectivity index (χ1) is 12.1. The number of rotatable bonds is 6. The Kier molecular flexibility index (Phi) is 5.30. The minimum Gasteiger partial charge on any atom is -0.378 e. The summed E-state index contributed by atoms with van der Waals surface area (Å²) in [5.74, 6) is -0.114. The number of thiazole rings is 1. The molecule has 2 N–H and O–H groups in total. The van der Waals surface area contributed by atoms with Crippen LogP contribution < -0.4 is 15.5 Å². The Morgan fingerprint density at radius 3 is 2.68 bits per heavy atom. The van der Waals surface area contributed by atoms with Crippen molar-refractivity contribution in [2.24, 2.45) is 0 Å². The van der Waals surface area contributed by atoms with Gasteiger partial charge >= 0.3 is 0 Å². The molecule has 0 saturated heterocycles. The molecular weight excluding hydrogens is 332 g/mol. The fourth-order valence-corrected chi connectivity index (χ4v) is 3.04. The molecule has 1 aromatic heterocycles. The van der Waals surface area contributed by atoms with Crippen molar-refractivity contribution >= 4 is 33.8 Å². The zero-order chi connectivity index (χ0) is 17.6. The number of carbonyl (C=O) groups excluding carboxylic acids is 1. The molecular formula is C19H20N4OS. The molecule has 25 heavy (non-hydrogen) atoms. The first kappa shape index (κ1) is 17.0. The Bertz CT molecular complexity index is 845. The van der Waals surface area contributed by atoms with Gasteiger partial charge in [-0.15, -0.1) is 0 Å². The van der Waals surface area contributed by atoms with E-state index < -0.39 is 0 Å². The van der Waals surface area contributed by atoms with Crippen LogP contribution in [-0.2, 0) is 6.54 Å². The number of carbonyl (C=O) groups is 1. The van der Waals surface area contributed by atoms with Crippen LogP contribution in [0.3, 0.4) is 0 Å². The monoisotopic (exact) mass is 352 g/mol. The minimum atomic E-state index is -0.114. The molecule has 0 bridgehead atoms. The third-order valence-electron chi connectivity index (χ3n) is 3.64. The predicted molar refractivity (Wildman–Crippen MR) is 104 cm³/mol. The van der Waals surface area contributed by atoms with Crippen LogP contribution in [0.25, 0.3) is 0 Å². The van der Waals surface area contributed by atoms with Gasteiger partial charge in [0.25, 0.3) is 5.91 Å². The van der Waals surface area contributed by atoms with Gasteiger partial charge in [-0.25, -0.2) is 4.98 Å². The van der Waals surface area contributed by atoms with Gasteiger partial charge in [-0.05, 0) is 23.8 Å². The lowest BCUT2D eigenvalue weighted by molar-refractivity contribution is 0.0955. The van der Waals surface area contributed by atoms with Crippen LogP contribution in [0.4, 0.5) is 16.5 Å². The summed E-state index contributed by atoms with van der Waals surface area (Å²) >= 11 is 1.34. The highest BCUT2D eigenvalue weighted by Gasteiger charge is 2.10. The standard InChI is InChI=1S/C19H20N4OS/c1-23(2)16-10-6-9-15(11-16)22-19-21-13-17(25-19)18(24)20-12-14-7-4-3-5-8-14/h3-11,13H,12H2,1-2H3,(H,20,24)(H,21,22). The Morgan fingerprint density at radius 2 is 1.92 bits per heavy atom. The van der Waals surface area contributed by atoms with Crippen LogP contribution in [0.15, 0.2) is 60.8 Å². The Hall–Kier alpha value is -2.86. The summed E-state index contributed by atoms with van der Waals surface area (Å²) in [5.41, 5.74) is 3.11. The van der Waals surface area contributed by atoms with Crippen molar-refractivity contribution in [3.8, 4) is 0 Å². The van der Waals surface area contributed by atoms with Crippen molar-refractivity contribution in [2.45, 2.75) is 6.54 Å². The molecule has 0 aliphatic carbocycles. The second kappa shape index (κ2) is 7.81. The molecule has 5 nitrogen and oxygen atoms in total. The van der Waals surface area contributed by atoms with Gasteiger partial charge in [0.05, 0.1) is 6.20 Å². The summed E-state index contributed by atoms with van der Waals surface area (Å²) in [5, 5.41) is 6.86. The van der Waals surface area contributed by atoms with E-state index in [1.807, 2.05) is 73.6 Å². The van der Waals surface area contributed by atoms with Crippen molar-refractivity contribution in [3.05, 3.63) is 71.2 Å². The molecule has 0 aliphatic heterocycles. The molecule has 0 aliphatic rings. The summed E-state index contributed by atoms with van der Waals surface area (Å²) in [6.07, 6.45) is 1.60. The molecule has 0 atom stereocenters. The number of aromatic nitrogens is 1. The van der Waals surface area contributed by atoms with E-state index in [0.29, 0.717) is 16.6 Å². The molecule has 3 rings (SSSR count). The highest BCUT2D eigenvalue weighted by molar-refractivity contribution is 7.17. The number of amides is 1. The summed E-state index contributed by atoms with van der Waals surface area (Å²) in [4.78, 5) is 19.2. The Labute approximate surface area is 151 Å². The smallest absolute Gasteiger partial charge is 0.263 e. The quantitative estimate of drug-likeness (QED) is 0.707. The number of nitrogens with one attached hydrogen (secondary N) is 2. The summed E-state index contributed by atoms with van der Waals surface area (Å²) in [7, 11) is 4.00. The summed E-state index contributed by atoms with van der Waals surface area (Å²) in [6.45, 7) is 0.505. The van der Waals surface area contributed by atoms with Gasteiger partial charge in [-0.2, -0.15) is 0 Å². The number of hydrogen-bond donors (Lipinski definition) is 2. The van der Waals surface area contributed by atoms with E-state index in [-0.39, 0.29) is 5.91 Å². The third-order valence-corrected chi connectivity index (χ3v) is 4.55. The number of hydrogen-bond acceptors (Lipinski definition) is 5. The summed E-state index contributed by atoms with van der Waals surface area (Å²) < 4.78 is 0. The van der Waals surface area contributed by atoms with Crippen molar-refractivity contribution in [1.29, 1.82) is 0 Å². The van der Waals surface area contributed by atoms with E-state index in [2.05, 4.69) is 15.6 Å². The van der Waals surface area contributed by atoms with Crippen molar-refractivity contribution < 1.29 is 4.79 Å². The van der Waals surface area contributed by atoms with Crippen LogP contribution in [0.1, 0.15) is 15.2 Å². The van der Waals surface area contributed by atoms with Gasteiger partial charge < -0.3 is 15.5 Å². The fraction of sp³-hybridized carbons (Fsp3) is 0.158. The highest BCUT2D eigenvalue weighted by atomic mass is 32.1. The van der Waals surface area contributed by atoms with Gasteiger partial charge in [0.1, 0.15) is 4.88 Å². The lowest BCUT2D eigenvalue weighted by Gasteiger charge is -2.13. The normalized spacial score (nSPS) is 10.3. The predicted octanol–water partition coefficient (Wildman–Crippen LogP) is 3.88. The molecule has 0 fully saturated rings. The van der Waals surface area contributed by atoms with Gasteiger partial charge in [0.2, 0.25) is 0 Å². The maximum atomic E-state index is 12.3. The highest BCUT2D eigenvalue weighted by Crippen LogP contribution is 2.25.